The van der Waals surface area contributed by atoms with Crippen molar-refractivity contribution < 1.29 is 9.53 Å². The Labute approximate surface area is 152 Å². The molecule has 0 unspecified atom stereocenters. The number of carbonyl (C=O) groups excluding carboxylic acids is 1. The summed E-state index contributed by atoms with van der Waals surface area (Å²) in [7, 11) is 0. The van der Waals surface area contributed by atoms with Crippen LogP contribution in [0.1, 0.15) is 20.3 Å². The fourth-order valence-electron chi connectivity index (χ4n) is 3.05. The number of hydrogen-bond acceptors (Lipinski definition) is 3. The number of aryl methyl sites for hydroxylation is 1. The molecule has 1 N–H and O–H groups in total. The van der Waals surface area contributed by atoms with Gasteiger partial charge < -0.3 is 10.1 Å². The number of anilines is 1. The first-order chi connectivity index (χ1) is 12.7. The largest absolute Gasteiger partial charge is 0.492 e. The van der Waals surface area contributed by atoms with Crippen molar-refractivity contribution in [1.29, 1.82) is 0 Å². The number of hydrogen-bond donors (Lipinski definition) is 1. The number of aromatic nitrogens is 2. The first-order valence-electron chi connectivity index (χ1n) is 8.85. The number of benzene rings is 2. The lowest BCUT2D eigenvalue weighted by atomic mass is 10.3. The van der Waals surface area contributed by atoms with E-state index in [0.717, 1.165) is 17.5 Å². The summed E-state index contributed by atoms with van der Waals surface area (Å²) in [5, 5.41) is 2.84. The van der Waals surface area contributed by atoms with E-state index in [-0.39, 0.29) is 18.1 Å². The second-order valence-corrected chi connectivity index (χ2v) is 5.99. The smallest absolute Gasteiger partial charge is 0.329 e. The second kappa shape index (κ2) is 7.91. The molecule has 1 aromatic heterocycles. The first kappa shape index (κ1) is 17.8. The molecule has 0 aliphatic carbocycles. The molecule has 6 heteroatoms. The number of amides is 1. The summed E-state index contributed by atoms with van der Waals surface area (Å²) >= 11 is 0. The third-order valence-corrected chi connectivity index (χ3v) is 4.14. The Morgan fingerprint density at radius 2 is 1.65 bits per heavy atom. The highest BCUT2D eigenvalue weighted by molar-refractivity contribution is 5.93. The van der Waals surface area contributed by atoms with Crippen LogP contribution in [0.5, 0.6) is 5.75 Å². The minimum atomic E-state index is -0.265. The van der Waals surface area contributed by atoms with Crippen LogP contribution < -0.4 is 15.7 Å². The highest BCUT2D eigenvalue weighted by Gasteiger charge is 2.15. The molecule has 0 fully saturated rings. The molecule has 1 heterocycles. The summed E-state index contributed by atoms with van der Waals surface area (Å²) in [4.78, 5) is 25.3. The van der Waals surface area contributed by atoms with E-state index in [1.54, 1.807) is 16.7 Å². The standard InChI is InChI=1S/C20H23N3O3/c1-3-13-22-16-10-6-7-11-17(16)23(20(22)25)14-19(24)21-15-9-5-8-12-18(15)26-4-2/h5-12H,3-4,13-14H2,1-2H3,(H,21,24). The normalized spacial score (nSPS) is 10.8. The van der Waals surface area contributed by atoms with Crippen LogP contribution in [-0.2, 0) is 17.9 Å². The Kier molecular flexibility index (Phi) is 5.41. The number of para-hydroxylation sites is 4. The van der Waals surface area contributed by atoms with E-state index >= 15 is 0 Å². The van der Waals surface area contributed by atoms with E-state index in [9.17, 15) is 9.59 Å². The van der Waals surface area contributed by atoms with E-state index in [0.29, 0.717) is 24.6 Å². The number of ether oxygens (including phenoxy) is 1. The number of nitrogens with zero attached hydrogens (tertiary/aromatic N) is 2. The molecule has 0 aliphatic rings. The number of carbonyl (C=O) groups is 1. The molecule has 0 radical (unpaired) electrons. The fourth-order valence-corrected chi connectivity index (χ4v) is 3.05. The summed E-state index contributed by atoms with van der Waals surface area (Å²) in [6, 6.07) is 14.8. The predicted molar refractivity (Wildman–Crippen MR) is 103 cm³/mol. The van der Waals surface area contributed by atoms with Crippen molar-refractivity contribution in [2.75, 3.05) is 11.9 Å². The van der Waals surface area contributed by atoms with Crippen LogP contribution in [0, 0.1) is 0 Å². The summed E-state index contributed by atoms with van der Waals surface area (Å²) in [6.45, 7) is 5.01. The fraction of sp³-hybridized carbons (Fsp3) is 0.300. The summed E-state index contributed by atoms with van der Waals surface area (Å²) < 4.78 is 8.77. The molecular formula is C20H23N3O3. The van der Waals surface area contributed by atoms with Gasteiger partial charge in [-0.15, -0.1) is 0 Å². The molecule has 0 atom stereocenters. The SMILES string of the molecule is CCCn1c(=O)n(CC(=O)Nc2ccccc2OCC)c2ccccc21. The van der Waals surface area contributed by atoms with Gasteiger partial charge in [0.15, 0.2) is 0 Å². The first-order valence-corrected chi connectivity index (χ1v) is 8.85. The van der Waals surface area contributed by atoms with Gasteiger partial charge >= 0.3 is 5.69 Å². The molecule has 6 nitrogen and oxygen atoms in total. The monoisotopic (exact) mass is 353 g/mol. The maximum absolute atomic E-state index is 12.8. The quantitative estimate of drug-likeness (QED) is 0.709. The highest BCUT2D eigenvalue weighted by atomic mass is 16.5. The second-order valence-electron chi connectivity index (χ2n) is 5.99. The average Bonchev–Trinajstić information content (AvgIpc) is 2.90. The third-order valence-electron chi connectivity index (χ3n) is 4.14. The van der Waals surface area contributed by atoms with Gasteiger partial charge in [-0.2, -0.15) is 0 Å². The number of nitrogens with one attached hydrogen (secondary N) is 1. The minimum Gasteiger partial charge on any atom is -0.492 e. The van der Waals surface area contributed by atoms with Gasteiger partial charge in [-0.25, -0.2) is 4.79 Å². The Morgan fingerprint density at radius 1 is 1.00 bits per heavy atom. The van der Waals surface area contributed by atoms with Crippen LogP contribution >= 0.6 is 0 Å². The number of imidazole rings is 1. The Bertz CT molecular complexity index is 972. The van der Waals surface area contributed by atoms with Crippen molar-refractivity contribution in [1.82, 2.24) is 9.13 Å². The number of fused-ring (bicyclic) bond motifs is 1. The Morgan fingerprint density at radius 3 is 2.35 bits per heavy atom. The summed E-state index contributed by atoms with van der Waals surface area (Å²) in [5.74, 6) is 0.350. The molecular weight excluding hydrogens is 330 g/mol. The van der Waals surface area contributed by atoms with Crippen molar-refractivity contribution >= 4 is 22.6 Å². The molecule has 2 aromatic carbocycles. The zero-order chi connectivity index (χ0) is 18.5. The zero-order valence-electron chi connectivity index (χ0n) is 15.1. The van der Waals surface area contributed by atoms with Crippen molar-refractivity contribution in [3.05, 3.63) is 59.0 Å². The van der Waals surface area contributed by atoms with Crippen molar-refractivity contribution in [2.24, 2.45) is 0 Å². The van der Waals surface area contributed by atoms with Crippen LogP contribution in [-0.4, -0.2) is 21.6 Å². The maximum Gasteiger partial charge on any atom is 0.329 e. The average molecular weight is 353 g/mol. The molecule has 0 aliphatic heterocycles. The number of rotatable bonds is 7. The maximum atomic E-state index is 12.8. The predicted octanol–water partition coefficient (Wildman–Crippen LogP) is 3.25. The molecule has 3 rings (SSSR count). The van der Waals surface area contributed by atoms with Gasteiger partial charge in [0.2, 0.25) is 5.91 Å². The van der Waals surface area contributed by atoms with E-state index in [4.69, 9.17) is 4.74 Å². The topological polar surface area (TPSA) is 65.3 Å². The molecule has 0 saturated carbocycles. The van der Waals surface area contributed by atoms with Crippen LogP contribution in [0.15, 0.2) is 53.3 Å². The molecule has 1 amide bonds. The van der Waals surface area contributed by atoms with Crippen LogP contribution in [0.25, 0.3) is 11.0 Å². The van der Waals surface area contributed by atoms with Gasteiger partial charge in [0.1, 0.15) is 12.3 Å². The Hall–Kier alpha value is -3.02. The van der Waals surface area contributed by atoms with Gasteiger partial charge in [0.25, 0.3) is 0 Å². The van der Waals surface area contributed by atoms with E-state index in [1.807, 2.05) is 50.2 Å². The van der Waals surface area contributed by atoms with Gasteiger partial charge in [-0.1, -0.05) is 31.2 Å². The van der Waals surface area contributed by atoms with Crippen LogP contribution in [0.4, 0.5) is 5.69 Å². The highest BCUT2D eigenvalue weighted by Crippen LogP contribution is 2.23. The van der Waals surface area contributed by atoms with Crippen molar-refractivity contribution in [2.45, 2.75) is 33.4 Å². The lowest BCUT2D eigenvalue weighted by Crippen LogP contribution is -2.29. The van der Waals surface area contributed by atoms with E-state index in [1.165, 1.54) is 4.57 Å². The zero-order valence-corrected chi connectivity index (χ0v) is 15.1. The van der Waals surface area contributed by atoms with Gasteiger partial charge in [0.05, 0.1) is 23.3 Å². The molecule has 0 bridgehead atoms. The van der Waals surface area contributed by atoms with Crippen LogP contribution in [0.2, 0.25) is 0 Å². The Balaban J connectivity index is 1.89. The molecule has 0 saturated heterocycles. The van der Waals surface area contributed by atoms with E-state index < -0.39 is 0 Å². The lowest BCUT2D eigenvalue weighted by Gasteiger charge is -2.11. The molecule has 3 aromatic rings. The lowest BCUT2D eigenvalue weighted by molar-refractivity contribution is -0.116. The van der Waals surface area contributed by atoms with Gasteiger partial charge in [-0.3, -0.25) is 13.9 Å². The summed E-state index contributed by atoms with van der Waals surface area (Å²) in [6.07, 6.45) is 0.849. The van der Waals surface area contributed by atoms with Crippen molar-refractivity contribution in [3.8, 4) is 5.75 Å². The molecule has 26 heavy (non-hydrogen) atoms. The van der Waals surface area contributed by atoms with Crippen LogP contribution in [0.3, 0.4) is 0 Å². The molecule has 0 spiro atoms. The van der Waals surface area contributed by atoms with Gasteiger partial charge in [0, 0.05) is 6.54 Å². The van der Waals surface area contributed by atoms with Crippen molar-refractivity contribution in [3.63, 3.8) is 0 Å². The van der Waals surface area contributed by atoms with E-state index in [2.05, 4.69) is 5.32 Å². The third kappa shape index (κ3) is 3.49. The molecule has 136 valence electrons. The summed E-state index contributed by atoms with van der Waals surface area (Å²) in [5.41, 5.74) is 2.05. The van der Waals surface area contributed by atoms with Gasteiger partial charge in [-0.05, 0) is 37.6 Å². The minimum absolute atomic E-state index is 0.0451.